The van der Waals surface area contributed by atoms with E-state index >= 15 is 0 Å². The van der Waals surface area contributed by atoms with Crippen molar-refractivity contribution in [1.29, 1.82) is 0 Å². The van der Waals surface area contributed by atoms with E-state index in [-0.39, 0.29) is 6.04 Å². The van der Waals surface area contributed by atoms with E-state index < -0.39 is 0 Å². The standard InChI is InChI=1S/C17H21NS/c1-4-19-16-9-7-14(8-10-16)17(18)15-6-5-12(2)13(3)11-15/h5-11,17H,4,18H2,1-3H3. The van der Waals surface area contributed by atoms with Gasteiger partial charge in [-0.1, -0.05) is 37.3 Å². The van der Waals surface area contributed by atoms with Crippen molar-refractivity contribution < 1.29 is 0 Å². The van der Waals surface area contributed by atoms with Gasteiger partial charge in [-0.3, -0.25) is 0 Å². The first-order valence-electron chi connectivity index (χ1n) is 6.67. The Morgan fingerprint density at radius 1 is 0.947 bits per heavy atom. The van der Waals surface area contributed by atoms with E-state index in [1.54, 1.807) is 0 Å². The van der Waals surface area contributed by atoms with E-state index in [0.29, 0.717) is 0 Å². The highest BCUT2D eigenvalue weighted by Gasteiger charge is 2.09. The van der Waals surface area contributed by atoms with Gasteiger partial charge in [0.2, 0.25) is 0 Å². The van der Waals surface area contributed by atoms with Gasteiger partial charge in [0.15, 0.2) is 0 Å². The van der Waals surface area contributed by atoms with Crippen molar-refractivity contribution in [3.8, 4) is 0 Å². The number of hydrogen-bond donors (Lipinski definition) is 1. The lowest BCUT2D eigenvalue weighted by molar-refractivity contribution is 0.867. The molecule has 100 valence electrons. The van der Waals surface area contributed by atoms with Crippen molar-refractivity contribution in [3.63, 3.8) is 0 Å². The average Bonchev–Trinajstić information content (AvgIpc) is 2.42. The molecular formula is C17H21NS. The summed E-state index contributed by atoms with van der Waals surface area (Å²) < 4.78 is 0. The quantitative estimate of drug-likeness (QED) is 0.831. The van der Waals surface area contributed by atoms with Crippen LogP contribution in [0.2, 0.25) is 0 Å². The number of nitrogens with two attached hydrogens (primary N) is 1. The SMILES string of the molecule is CCSc1ccc(C(N)c2ccc(C)c(C)c2)cc1. The molecule has 0 aliphatic heterocycles. The number of hydrogen-bond acceptors (Lipinski definition) is 2. The molecule has 0 aliphatic rings. The molecule has 0 saturated carbocycles. The summed E-state index contributed by atoms with van der Waals surface area (Å²) in [5.74, 6) is 1.10. The van der Waals surface area contributed by atoms with Crippen LogP contribution in [0.1, 0.15) is 35.2 Å². The lowest BCUT2D eigenvalue weighted by Crippen LogP contribution is -2.12. The minimum Gasteiger partial charge on any atom is -0.320 e. The number of rotatable bonds is 4. The van der Waals surface area contributed by atoms with E-state index in [0.717, 1.165) is 5.75 Å². The molecule has 0 radical (unpaired) electrons. The van der Waals surface area contributed by atoms with E-state index in [1.807, 2.05) is 11.8 Å². The van der Waals surface area contributed by atoms with E-state index in [1.165, 1.54) is 27.1 Å². The molecule has 2 heteroatoms. The molecule has 0 fully saturated rings. The van der Waals surface area contributed by atoms with Crippen LogP contribution in [0.5, 0.6) is 0 Å². The minimum atomic E-state index is -0.0417. The van der Waals surface area contributed by atoms with Crippen molar-refractivity contribution in [2.24, 2.45) is 5.73 Å². The zero-order valence-electron chi connectivity index (χ0n) is 11.8. The Morgan fingerprint density at radius 3 is 2.16 bits per heavy atom. The molecule has 19 heavy (non-hydrogen) atoms. The van der Waals surface area contributed by atoms with Crippen LogP contribution in [0.15, 0.2) is 47.4 Å². The second-order valence-corrected chi connectivity index (χ2v) is 6.16. The predicted molar refractivity (Wildman–Crippen MR) is 84.8 cm³/mol. The van der Waals surface area contributed by atoms with Crippen molar-refractivity contribution in [2.45, 2.75) is 31.7 Å². The Morgan fingerprint density at radius 2 is 1.58 bits per heavy atom. The van der Waals surface area contributed by atoms with E-state index in [4.69, 9.17) is 5.73 Å². The summed E-state index contributed by atoms with van der Waals surface area (Å²) >= 11 is 1.86. The molecule has 2 aromatic rings. The molecule has 0 bridgehead atoms. The van der Waals surface area contributed by atoms with Crippen LogP contribution >= 0.6 is 11.8 Å². The molecule has 2 rings (SSSR count). The molecule has 2 aromatic carbocycles. The molecule has 0 saturated heterocycles. The summed E-state index contributed by atoms with van der Waals surface area (Å²) in [7, 11) is 0. The zero-order valence-corrected chi connectivity index (χ0v) is 12.6. The maximum absolute atomic E-state index is 6.35. The van der Waals surface area contributed by atoms with Gasteiger partial charge in [0.05, 0.1) is 6.04 Å². The number of aryl methyl sites for hydroxylation is 2. The van der Waals surface area contributed by atoms with Crippen molar-refractivity contribution in [3.05, 3.63) is 64.7 Å². The van der Waals surface area contributed by atoms with Gasteiger partial charge in [0.25, 0.3) is 0 Å². The van der Waals surface area contributed by atoms with Gasteiger partial charge in [-0.05, 0) is 54.0 Å². The summed E-state index contributed by atoms with van der Waals surface area (Å²) in [5, 5.41) is 0. The smallest absolute Gasteiger partial charge is 0.0551 e. The maximum Gasteiger partial charge on any atom is 0.0551 e. The Balaban J connectivity index is 2.22. The highest BCUT2D eigenvalue weighted by atomic mass is 32.2. The minimum absolute atomic E-state index is 0.0417. The first-order chi connectivity index (χ1) is 9.11. The lowest BCUT2D eigenvalue weighted by Gasteiger charge is -2.14. The third-order valence-electron chi connectivity index (χ3n) is 3.44. The predicted octanol–water partition coefficient (Wildman–Crippen LogP) is 4.46. The summed E-state index contributed by atoms with van der Waals surface area (Å²) in [6.45, 7) is 6.42. The molecule has 0 spiro atoms. The summed E-state index contributed by atoms with van der Waals surface area (Å²) in [6, 6.07) is 15.0. The lowest BCUT2D eigenvalue weighted by atomic mass is 9.96. The van der Waals surface area contributed by atoms with Crippen LogP contribution < -0.4 is 5.73 Å². The van der Waals surface area contributed by atoms with Crippen molar-refractivity contribution in [1.82, 2.24) is 0 Å². The molecular weight excluding hydrogens is 250 g/mol. The van der Waals surface area contributed by atoms with Crippen molar-refractivity contribution >= 4 is 11.8 Å². The monoisotopic (exact) mass is 271 g/mol. The fourth-order valence-corrected chi connectivity index (χ4v) is 2.75. The third-order valence-corrected chi connectivity index (χ3v) is 4.33. The second-order valence-electron chi connectivity index (χ2n) is 4.82. The molecule has 0 aliphatic carbocycles. The summed E-state index contributed by atoms with van der Waals surface area (Å²) in [4.78, 5) is 1.30. The molecule has 1 atom stereocenters. The fraction of sp³-hybridized carbons (Fsp3) is 0.294. The van der Waals surface area contributed by atoms with Gasteiger partial charge in [-0.2, -0.15) is 0 Å². The Kier molecular flexibility index (Phi) is 4.67. The molecule has 1 unspecified atom stereocenters. The molecule has 2 N–H and O–H groups in total. The Bertz CT molecular complexity index is 546. The Hall–Kier alpha value is -1.25. The third kappa shape index (κ3) is 3.40. The largest absolute Gasteiger partial charge is 0.320 e. The molecule has 0 amide bonds. The van der Waals surface area contributed by atoms with Crippen LogP contribution in [-0.4, -0.2) is 5.75 Å². The molecule has 1 nitrogen and oxygen atoms in total. The van der Waals surface area contributed by atoms with Gasteiger partial charge >= 0.3 is 0 Å². The molecule has 0 heterocycles. The van der Waals surface area contributed by atoms with Gasteiger partial charge in [0.1, 0.15) is 0 Å². The van der Waals surface area contributed by atoms with E-state index in [2.05, 4.69) is 63.2 Å². The van der Waals surface area contributed by atoms with Crippen LogP contribution in [0.25, 0.3) is 0 Å². The first kappa shape index (κ1) is 14.2. The van der Waals surface area contributed by atoms with E-state index in [9.17, 15) is 0 Å². The fourth-order valence-electron chi connectivity index (χ4n) is 2.09. The van der Waals surface area contributed by atoms with Gasteiger partial charge in [-0.25, -0.2) is 0 Å². The van der Waals surface area contributed by atoms with Gasteiger partial charge in [-0.15, -0.1) is 11.8 Å². The molecule has 0 aromatic heterocycles. The highest BCUT2D eigenvalue weighted by Crippen LogP contribution is 2.24. The average molecular weight is 271 g/mol. The highest BCUT2D eigenvalue weighted by molar-refractivity contribution is 7.99. The van der Waals surface area contributed by atoms with Crippen molar-refractivity contribution in [2.75, 3.05) is 5.75 Å². The number of benzene rings is 2. The summed E-state index contributed by atoms with van der Waals surface area (Å²) in [5.41, 5.74) is 11.3. The number of thioether (sulfide) groups is 1. The van der Waals surface area contributed by atoms with Crippen LogP contribution in [0.4, 0.5) is 0 Å². The second kappa shape index (κ2) is 6.27. The van der Waals surface area contributed by atoms with Crippen LogP contribution in [-0.2, 0) is 0 Å². The van der Waals surface area contributed by atoms with Crippen LogP contribution in [0.3, 0.4) is 0 Å². The van der Waals surface area contributed by atoms with Gasteiger partial charge in [0, 0.05) is 4.90 Å². The zero-order chi connectivity index (χ0) is 13.8. The van der Waals surface area contributed by atoms with Crippen LogP contribution in [0, 0.1) is 13.8 Å². The first-order valence-corrected chi connectivity index (χ1v) is 7.66. The Labute approximate surface area is 120 Å². The summed E-state index contributed by atoms with van der Waals surface area (Å²) in [6.07, 6.45) is 0. The maximum atomic E-state index is 6.35. The van der Waals surface area contributed by atoms with Gasteiger partial charge < -0.3 is 5.73 Å². The topological polar surface area (TPSA) is 26.0 Å². The normalized spacial score (nSPS) is 12.4.